The van der Waals surface area contributed by atoms with Gasteiger partial charge in [-0.25, -0.2) is 18.3 Å². The zero-order valence-corrected chi connectivity index (χ0v) is 17.9. The van der Waals surface area contributed by atoms with Gasteiger partial charge >= 0.3 is 6.09 Å². The zero-order valence-electron chi connectivity index (χ0n) is 17.9. The number of nitrogens with zero attached hydrogens (tertiary/aromatic N) is 6. The maximum atomic E-state index is 15.0. The van der Waals surface area contributed by atoms with Crippen molar-refractivity contribution < 1.29 is 23.1 Å². The lowest BCUT2D eigenvalue weighted by Crippen LogP contribution is -2.36. The molecule has 2 fully saturated rings. The Labute approximate surface area is 183 Å². The Bertz CT molecular complexity index is 984. The molecule has 1 unspecified atom stereocenters. The molecule has 1 N–H and O–H groups in total. The number of carbonyl (C=O) groups excluding carboxylic acids is 2. The van der Waals surface area contributed by atoms with Gasteiger partial charge in [-0.1, -0.05) is 6.92 Å². The molecular weight excluding hydrogens is 424 g/mol. The highest BCUT2D eigenvalue weighted by molar-refractivity contribution is 5.90. The van der Waals surface area contributed by atoms with Crippen LogP contribution in [0.2, 0.25) is 0 Å². The normalized spacial score (nSPS) is 19.4. The number of hydrogen-bond donors (Lipinski definition) is 1. The third kappa shape index (κ3) is 4.34. The summed E-state index contributed by atoms with van der Waals surface area (Å²) in [6, 6.07) is 2.37. The maximum Gasteiger partial charge on any atom is 0.414 e. The molecule has 3 heterocycles. The molecule has 2 aromatic rings. The quantitative estimate of drug-likeness (QED) is 0.719. The second kappa shape index (κ2) is 9.05. The maximum absolute atomic E-state index is 15.0. The Balaban J connectivity index is 1.43. The van der Waals surface area contributed by atoms with Gasteiger partial charge in [0.2, 0.25) is 5.91 Å². The molecular formula is C20H25F2N7O3. The topological polar surface area (TPSA) is 105 Å². The summed E-state index contributed by atoms with van der Waals surface area (Å²) in [5, 5.41) is 14.2. The van der Waals surface area contributed by atoms with Gasteiger partial charge < -0.3 is 15.0 Å². The van der Waals surface area contributed by atoms with Crippen molar-refractivity contribution in [2.75, 3.05) is 36.0 Å². The van der Waals surface area contributed by atoms with Crippen molar-refractivity contribution in [3.63, 3.8) is 0 Å². The summed E-state index contributed by atoms with van der Waals surface area (Å²) >= 11 is 0. The van der Waals surface area contributed by atoms with Crippen LogP contribution in [0.4, 0.5) is 25.0 Å². The first-order chi connectivity index (χ1) is 15.4. The number of tetrazole rings is 1. The summed E-state index contributed by atoms with van der Waals surface area (Å²) in [5.41, 5.74) is -0.0303. The Kier molecular flexibility index (Phi) is 6.19. The summed E-state index contributed by atoms with van der Waals surface area (Å²) in [4.78, 5) is 26.4. The predicted octanol–water partition coefficient (Wildman–Crippen LogP) is 1.95. The number of amides is 2. The van der Waals surface area contributed by atoms with Crippen LogP contribution in [0.3, 0.4) is 0 Å². The molecule has 0 radical (unpaired) electrons. The van der Waals surface area contributed by atoms with E-state index >= 15 is 0 Å². The molecule has 2 saturated heterocycles. The summed E-state index contributed by atoms with van der Waals surface area (Å²) in [6.45, 7) is 4.66. The zero-order chi connectivity index (χ0) is 22.8. The molecule has 2 amide bonds. The standard InChI is InChI=1S/C20H25F2N7O3/c1-3-18(30)23-10-15-11-28(20(31)32-15)14-8-16(21)19(17(22)9-14)27-6-4-13(5-7-27)29-12(2)24-25-26-29/h8-9,13,15H,3-7,10-11H2,1-2H3,(H,23,30). The highest BCUT2D eigenvalue weighted by Crippen LogP contribution is 2.34. The predicted molar refractivity (Wildman–Crippen MR) is 110 cm³/mol. The average molecular weight is 449 g/mol. The van der Waals surface area contributed by atoms with Crippen LogP contribution >= 0.6 is 0 Å². The van der Waals surface area contributed by atoms with Crippen molar-refractivity contribution in [3.8, 4) is 0 Å². The minimum atomic E-state index is -0.743. The number of halogens is 2. The van der Waals surface area contributed by atoms with E-state index in [1.807, 2.05) is 6.92 Å². The van der Waals surface area contributed by atoms with Gasteiger partial charge in [0.25, 0.3) is 0 Å². The number of aryl methyl sites for hydroxylation is 1. The molecule has 0 spiro atoms. The number of rotatable bonds is 6. The van der Waals surface area contributed by atoms with E-state index in [2.05, 4.69) is 20.8 Å². The highest BCUT2D eigenvalue weighted by atomic mass is 19.1. The third-order valence-electron chi connectivity index (χ3n) is 5.82. The van der Waals surface area contributed by atoms with Crippen LogP contribution in [0.1, 0.15) is 38.1 Å². The highest BCUT2D eigenvalue weighted by Gasteiger charge is 2.34. The van der Waals surface area contributed by atoms with E-state index < -0.39 is 23.8 Å². The fraction of sp³-hybridized carbons (Fsp3) is 0.550. The van der Waals surface area contributed by atoms with Gasteiger partial charge in [-0.2, -0.15) is 0 Å². The van der Waals surface area contributed by atoms with Crippen LogP contribution in [0.15, 0.2) is 12.1 Å². The van der Waals surface area contributed by atoms with Gasteiger partial charge in [0.1, 0.15) is 17.6 Å². The summed E-state index contributed by atoms with van der Waals surface area (Å²) in [6.07, 6.45) is 0.323. The lowest BCUT2D eigenvalue weighted by molar-refractivity contribution is -0.121. The van der Waals surface area contributed by atoms with Crippen molar-refractivity contribution in [2.45, 2.75) is 45.3 Å². The van der Waals surface area contributed by atoms with E-state index in [4.69, 9.17) is 4.74 Å². The number of benzene rings is 1. The molecule has 32 heavy (non-hydrogen) atoms. The van der Waals surface area contributed by atoms with Crippen molar-refractivity contribution in [1.29, 1.82) is 0 Å². The van der Waals surface area contributed by atoms with Crippen molar-refractivity contribution in [2.24, 2.45) is 0 Å². The molecule has 4 rings (SSSR count). The van der Waals surface area contributed by atoms with Gasteiger partial charge in [0.15, 0.2) is 11.6 Å². The average Bonchev–Trinajstić information content (AvgIpc) is 3.37. The number of nitrogens with one attached hydrogen (secondary N) is 1. The minimum absolute atomic E-state index is 0.0798. The van der Waals surface area contributed by atoms with Gasteiger partial charge in [-0.15, -0.1) is 5.10 Å². The first-order valence-corrected chi connectivity index (χ1v) is 10.6. The Morgan fingerprint density at radius 2 is 1.94 bits per heavy atom. The van der Waals surface area contributed by atoms with Gasteiger partial charge in [-0.05, 0) is 30.2 Å². The molecule has 10 nitrogen and oxygen atoms in total. The Hall–Kier alpha value is -3.31. The molecule has 12 heteroatoms. The van der Waals surface area contributed by atoms with Gasteiger partial charge in [0.05, 0.1) is 24.8 Å². The molecule has 0 aliphatic carbocycles. The number of cyclic esters (lactones) is 1. The monoisotopic (exact) mass is 449 g/mol. The summed E-state index contributed by atoms with van der Waals surface area (Å²) in [7, 11) is 0. The fourth-order valence-electron chi connectivity index (χ4n) is 4.11. The van der Waals surface area contributed by atoms with Gasteiger partial charge in [0, 0.05) is 31.6 Å². The van der Waals surface area contributed by atoms with Crippen molar-refractivity contribution >= 4 is 23.4 Å². The molecule has 2 aliphatic heterocycles. The SMILES string of the molecule is CCC(=O)NCC1CN(c2cc(F)c(N3CCC(n4nnnc4C)CC3)c(F)c2)C(=O)O1. The van der Waals surface area contributed by atoms with Gasteiger partial charge in [-0.3, -0.25) is 9.69 Å². The van der Waals surface area contributed by atoms with E-state index in [1.54, 1.807) is 16.5 Å². The largest absolute Gasteiger partial charge is 0.442 e. The van der Waals surface area contributed by atoms with Crippen LogP contribution in [-0.2, 0) is 9.53 Å². The second-order valence-electron chi connectivity index (χ2n) is 7.92. The van der Waals surface area contributed by atoms with E-state index in [0.717, 1.165) is 12.1 Å². The molecule has 1 aromatic carbocycles. The molecule has 0 saturated carbocycles. The number of piperidine rings is 1. The first-order valence-electron chi connectivity index (χ1n) is 10.6. The molecule has 172 valence electrons. The van der Waals surface area contributed by atoms with E-state index in [9.17, 15) is 18.4 Å². The van der Waals surface area contributed by atoms with E-state index in [1.165, 1.54) is 4.90 Å². The summed E-state index contributed by atoms with van der Waals surface area (Å²) < 4.78 is 36.9. The number of hydrogen-bond acceptors (Lipinski definition) is 7. The number of aromatic nitrogens is 4. The smallest absolute Gasteiger partial charge is 0.414 e. The number of ether oxygens (including phenoxy) is 1. The van der Waals surface area contributed by atoms with Crippen LogP contribution in [0, 0.1) is 18.6 Å². The molecule has 1 atom stereocenters. The Morgan fingerprint density at radius 3 is 2.53 bits per heavy atom. The molecule has 1 aromatic heterocycles. The lowest BCUT2D eigenvalue weighted by atomic mass is 10.0. The van der Waals surface area contributed by atoms with Crippen molar-refractivity contribution in [1.82, 2.24) is 25.5 Å². The second-order valence-corrected chi connectivity index (χ2v) is 7.92. The molecule has 2 aliphatic rings. The lowest BCUT2D eigenvalue weighted by Gasteiger charge is -2.34. The first kappa shape index (κ1) is 21.9. The summed E-state index contributed by atoms with van der Waals surface area (Å²) in [5.74, 6) is -0.949. The van der Waals surface area contributed by atoms with Crippen LogP contribution in [0.5, 0.6) is 0 Å². The van der Waals surface area contributed by atoms with E-state index in [0.29, 0.717) is 38.2 Å². The van der Waals surface area contributed by atoms with Crippen LogP contribution in [-0.4, -0.2) is 64.5 Å². The van der Waals surface area contributed by atoms with Crippen LogP contribution in [0.25, 0.3) is 0 Å². The number of anilines is 2. The van der Waals surface area contributed by atoms with E-state index in [-0.39, 0.29) is 36.4 Å². The number of carbonyl (C=O) groups is 2. The Morgan fingerprint density at radius 1 is 1.25 bits per heavy atom. The molecule has 0 bridgehead atoms. The third-order valence-corrected chi connectivity index (χ3v) is 5.82. The van der Waals surface area contributed by atoms with Crippen LogP contribution < -0.4 is 15.1 Å². The fourth-order valence-corrected chi connectivity index (χ4v) is 4.11. The van der Waals surface area contributed by atoms with Crippen molar-refractivity contribution in [3.05, 3.63) is 29.6 Å². The minimum Gasteiger partial charge on any atom is -0.442 e.